The molecule has 5 nitrogen and oxygen atoms in total. The van der Waals surface area contributed by atoms with Crippen LogP contribution in [0.25, 0.3) is 0 Å². The predicted octanol–water partition coefficient (Wildman–Crippen LogP) is 3.01. The van der Waals surface area contributed by atoms with Crippen LogP contribution in [-0.4, -0.2) is 46.4 Å². The zero-order chi connectivity index (χ0) is 16.2. The zero-order valence-electron chi connectivity index (χ0n) is 14.6. The van der Waals surface area contributed by atoms with E-state index in [-0.39, 0.29) is 24.0 Å². The molecule has 23 heavy (non-hydrogen) atoms. The minimum Gasteiger partial charge on any atom is -0.497 e. The van der Waals surface area contributed by atoms with Crippen LogP contribution in [0.1, 0.15) is 31.7 Å². The Morgan fingerprint density at radius 2 is 1.87 bits per heavy atom. The van der Waals surface area contributed by atoms with Gasteiger partial charge in [0.15, 0.2) is 5.96 Å². The van der Waals surface area contributed by atoms with Gasteiger partial charge in [0.1, 0.15) is 5.75 Å². The Labute approximate surface area is 157 Å². The molecule has 0 saturated carbocycles. The minimum absolute atomic E-state index is 0. The largest absolute Gasteiger partial charge is 0.497 e. The molecular weight excluding hydrogens is 405 g/mol. The first-order chi connectivity index (χ1) is 10.7. The van der Waals surface area contributed by atoms with E-state index < -0.39 is 0 Å². The van der Waals surface area contributed by atoms with Crippen LogP contribution in [0.5, 0.6) is 5.75 Å². The Morgan fingerprint density at radius 1 is 1.17 bits per heavy atom. The second-order valence-corrected chi connectivity index (χ2v) is 5.14. The van der Waals surface area contributed by atoms with Crippen molar-refractivity contribution in [3.63, 3.8) is 0 Å². The van der Waals surface area contributed by atoms with Gasteiger partial charge in [-0.25, -0.2) is 0 Å². The van der Waals surface area contributed by atoms with Gasteiger partial charge in [-0.05, 0) is 37.0 Å². The van der Waals surface area contributed by atoms with Crippen molar-refractivity contribution >= 4 is 29.9 Å². The van der Waals surface area contributed by atoms with Crippen molar-refractivity contribution in [2.24, 2.45) is 4.99 Å². The monoisotopic (exact) mass is 435 g/mol. The Balaban J connectivity index is 0.00000484. The van der Waals surface area contributed by atoms with Crippen molar-refractivity contribution in [1.82, 2.24) is 10.6 Å². The quantitative estimate of drug-likeness (QED) is 0.271. The molecular formula is C17H30IN3O2. The molecule has 0 radical (unpaired) electrons. The predicted molar refractivity (Wildman–Crippen MR) is 107 cm³/mol. The van der Waals surface area contributed by atoms with E-state index in [1.165, 1.54) is 5.56 Å². The van der Waals surface area contributed by atoms with Crippen LogP contribution in [0.4, 0.5) is 0 Å². The lowest BCUT2D eigenvalue weighted by Gasteiger charge is -2.13. The van der Waals surface area contributed by atoms with Gasteiger partial charge in [-0.1, -0.05) is 19.1 Å². The van der Waals surface area contributed by atoms with Crippen LogP contribution in [0.3, 0.4) is 0 Å². The summed E-state index contributed by atoms with van der Waals surface area (Å²) in [6.07, 6.45) is 1.01. The first-order valence-corrected chi connectivity index (χ1v) is 7.86. The van der Waals surface area contributed by atoms with Gasteiger partial charge in [-0.3, -0.25) is 4.99 Å². The maximum atomic E-state index is 5.19. The van der Waals surface area contributed by atoms with E-state index >= 15 is 0 Å². The summed E-state index contributed by atoms with van der Waals surface area (Å²) in [4.78, 5) is 4.60. The van der Waals surface area contributed by atoms with Crippen LogP contribution < -0.4 is 15.4 Å². The number of halogens is 1. The van der Waals surface area contributed by atoms with Gasteiger partial charge in [0.25, 0.3) is 0 Å². The highest BCUT2D eigenvalue weighted by Crippen LogP contribution is 2.21. The molecule has 0 aromatic heterocycles. The maximum Gasteiger partial charge on any atom is 0.191 e. The number of ether oxygens (including phenoxy) is 2. The molecule has 0 heterocycles. The van der Waals surface area contributed by atoms with E-state index in [0.717, 1.165) is 37.8 Å². The van der Waals surface area contributed by atoms with Crippen LogP contribution >= 0.6 is 24.0 Å². The number of nitrogens with zero attached hydrogens (tertiary/aromatic N) is 1. The van der Waals surface area contributed by atoms with Crippen molar-refractivity contribution in [2.45, 2.75) is 26.2 Å². The Hall–Kier alpha value is -1.02. The van der Waals surface area contributed by atoms with Gasteiger partial charge >= 0.3 is 0 Å². The van der Waals surface area contributed by atoms with E-state index in [1.54, 1.807) is 14.2 Å². The molecule has 0 fully saturated rings. The van der Waals surface area contributed by atoms with E-state index in [4.69, 9.17) is 9.47 Å². The highest BCUT2D eigenvalue weighted by atomic mass is 127. The van der Waals surface area contributed by atoms with Gasteiger partial charge in [-0.15, -0.1) is 24.0 Å². The zero-order valence-corrected chi connectivity index (χ0v) is 16.9. The molecule has 1 unspecified atom stereocenters. The molecule has 1 aromatic rings. The number of hydrogen-bond acceptors (Lipinski definition) is 3. The van der Waals surface area contributed by atoms with Crippen molar-refractivity contribution in [2.75, 3.05) is 40.5 Å². The third-order valence-corrected chi connectivity index (χ3v) is 3.46. The van der Waals surface area contributed by atoms with Gasteiger partial charge in [0.2, 0.25) is 0 Å². The Bertz CT molecular complexity index is 438. The maximum absolute atomic E-state index is 5.19. The van der Waals surface area contributed by atoms with Crippen molar-refractivity contribution in [3.05, 3.63) is 29.8 Å². The summed E-state index contributed by atoms with van der Waals surface area (Å²) in [5, 5.41) is 6.48. The molecule has 0 saturated heterocycles. The average molecular weight is 435 g/mol. The summed E-state index contributed by atoms with van der Waals surface area (Å²) in [6, 6.07) is 8.25. The van der Waals surface area contributed by atoms with Gasteiger partial charge in [-0.2, -0.15) is 0 Å². The number of guanidine groups is 1. The fourth-order valence-corrected chi connectivity index (χ4v) is 2.08. The molecule has 2 N–H and O–H groups in total. The first kappa shape index (κ1) is 22.0. The number of hydrogen-bond donors (Lipinski definition) is 2. The van der Waals surface area contributed by atoms with Crippen LogP contribution in [0.15, 0.2) is 29.3 Å². The first-order valence-electron chi connectivity index (χ1n) is 7.86. The molecule has 0 bridgehead atoms. The fraction of sp³-hybridized carbons (Fsp3) is 0.588. The molecule has 1 atom stereocenters. The lowest BCUT2D eigenvalue weighted by atomic mass is 9.98. The van der Waals surface area contributed by atoms with Crippen molar-refractivity contribution in [3.8, 4) is 5.75 Å². The number of rotatable bonds is 9. The van der Waals surface area contributed by atoms with Crippen LogP contribution in [0.2, 0.25) is 0 Å². The fourth-order valence-electron chi connectivity index (χ4n) is 2.08. The summed E-state index contributed by atoms with van der Waals surface area (Å²) < 4.78 is 10.2. The highest BCUT2D eigenvalue weighted by Gasteiger charge is 2.05. The van der Waals surface area contributed by atoms with E-state index in [0.29, 0.717) is 12.5 Å². The van der Waals surface area contributed by atoms with Gasteiger partial charge < -0.3 is 20.1 Å². The lowest BCUT2D eigenvalue weighted by molar-refractivity contribution is 0.203. The molecule has 6 heteroatoms. The van der Waals surface area contributed by atoms with E-state index in [2.05, 4.69) is 41.6 Å². The molecule has 1 rings (SSSR count). The normalized spacial score (nSPS) is 12.3. The molecule has 0 aliphatic rings. The average Bonchev–Trinajstić information content (AvgIpc) is 2.55. The van der Waals surface area contributed by atoms with Gasteiger partial charge in [0.05, 0.1) is 13.7 Å². The van der Waals surface area contributed by atoms with E-state index in [1.807, 2.05) is 12.1 Å². The summed E-state index contributed by atoms with van der Waals surface area (Å²) in [5.74, 6) is 2.21. The van der Waals surface area contributed by atoms with Crippen molar-refractivity contribution < 1.29 is 9.47 Å². The highest BCUT2D eigenvalue weighted by molar-refractivity contribution is 14.0. The smallest absolute Gasteiger partial charge is 0.191 e. The SMILES string of the molecule is CCNC(=NCCC(C)c1ccc(OC)cc1)NCCOC.I. The third kappa shape index (κ3) is 9.00. The number of methoxy groups -OCH3 is 2. The molecule has 132 valence electrons. The minimum atomic E-state index is 0. The summed E-state index contributed by atoms with van der Waals surface area (Å²) >= 11 is 0. The van der Waals surface area contributed by atoms with Crippen LogP contribution in [-0.2, 0) is 4.74 Å². The lowest BCUT2D eigenvalue weighted by Crippen LogP contribution is -2.39. The molecule has 0 aliphatic heterocycles. The van der Waals surface area contributed by atoms with Crippen LogP contribution in [0, 0.1) is 0 Å². The molecule has 1 aromatic carbocycles. The van der Waals surface area contributed by atoms with E-state index in [9.17, 15) is 0 Å². The topological polar surface area (TPSA) is 54.9 Å². The second-order valence-electron chi connectivity index (χ2n) is 5.14. The number of benzene rings is 1. The Morgan fingerprint density at radius 3 is 2.43 bits per heavy atom. The molecule has 0 aliphatic carbocycles. The summed E-state index contributed by atoms with van der Waals surface area (Å²) in [5.41, 5.74) is 1.31. The summed E-state index contributed by atoms with van der Waals surface area (Å²) in [6.45, 7) is 7.36. The number of aliphatic imine (C=N–C) groups is 1. The van der Waals surface area contributed by atoms with Crippen molar-refractivity contribution in [1.29, 1.82) is 0 Å². The van der Waals surface area contributed by atoms with Gasteiger partial charge in [0, 0.05) is 26.7 Å². The standard InChI is InChI=1S/C17H29N3O2.HI/c1-5-18-17(20-12-13-21-3)19-11-10-14(2)15-6-8-16(22-4)9-7-15;/h6-9,14H,5,10-13H2,1-4H3,(H2,18,19,20);1H. The second kappa shape index (κ2) is 13.4. The molecule has 0 amide bonds. The number of nitrogens with one attached hydrogen (secondary N) is 2. The summed E-state index contributed by atoms with van der Waals surface area (Å²) in [7, 11) is 3.38. The molecule has 0 spiro atoms. The Kier molecular flexibility index (Phi) is 12.8. The third-order valence-electron chi connectivity index (χ3n) is 3.46.